The number of nitrogens with one attached hydrogen (secondary N) is 2. The van der Waals surface area contributed by atoms with Crippen LogP contribution in [0.3, 0.4) is 0 Å². The Morgan fingerprint density at radius 2 is 1.27 bits per heavy atom. The van der Waals surface area contributed by atoms with Crippen molar-refractivity contribution >= 4 is 97.8 Å². The monoisotopic (exact) mass is 670 g/mol. The number of aromatic nitrogens is 4. The Morgan fingerprint density at radius 3 is 2.02 bits per heavy atom. The van der Waals surface area contributed by atoms with E-state index in [2.05, 4.69) is 74.8 Å². The number of rotatable bonds is 4. The fourth-order valence-corrected chi connectivity index (χ4v) is 8.50. The smallest absolute Gasteiger partial charge is 0.323 e. The van der Waals surface area contributed by atoms with Gasteiger partial charge >= 0.3 is 5.69 Å². The highest BCUT2D eigenvalue weighted by molar-refractivity contribution is 7.22. The number of nitrogens with zero attached hydrogens (tertiary/aromatic N) is 4. The van der Waals surface area contributed by atoms with Gasteiger partial charge in [-0.3, -0.25) is 0 Å². The van der Waals surface area contributed by atoms with Crippen LogP contribution in [0.2, 0.25) is 0 Å². The van der Waals surface area contributed by atoms with E-state index in [0.717, 1.165) is 63.3 Å². The molecule has 10 heteroatoms. The zero-order valence-corrected chi connectivity index (χ0v) is 27.1. The molecule has 49 heavy (non-hydrogen) atoms. The number of hydrogen-bond acceptors (Lipinski definition) is 8. The van der Waals surface area contributed by atoms with Crippen LogP contribution in [-0.2, 0) is 0 Å². The molecule has 3 heterocycles. The highest BCUT2D eigenvalue weighted by atomic mass is 32.1. The van der Waals surface area contributed by atoms with Crippen LogP contribution in [0.5, 0.6) is 5.75 Å². The fourth-order valence-electron chi connectivity index (χ4n) is 6.53. The van der Waals surface area contributed by atoms with E-state index in [1.807, 2.05) is 42.5 Å². The second-order valence-corrected chi connectivity index (χ2v) is 13.9. The van der Waals surface area contributed by atoms with Crippen molar-refractivity contribution in [3.8, 4) is 26.9 Å². The minimum Gasteiger partial charge on any atom is -0.505 e. The maximum Gasteiger partial charge on any atom is 0.323 e. The molecule has 232 valence electrons. The number of hydrogen-bond donors (Lipinski definition) is 3. The number of phenolic OH excluding ortho intramolecular Hbond substituents is 1. The van der Waals surface area contributed by atoms with Gasteiger partial charge < -0.3 is 15.1 Å². The summed E-state index contributed by atoms with van der Waals surface area (Å²) in [6.45, 7) is 0. The zero-order chi connectivity index (χ0) is 32.6. The molecule has 10 aromatic rings. The predicted molar refractivity (Wildman–Crippen MR) is 201 cm³/mol. The minimum absolute atomic E-state index is 0.00468. The fraction of sp³-hybridized carbons (Fsp3) is 0. The van der Waals surface area contributed by atoms with Crippen LogP contribution in [0.15, 0.2) is 130 Å². The minimum atomic E-state index is -0.291. The molecule has 0 unspecified atom stereocenters. The van der Waals surface area contributed by atoms with E-state index in [-0.39, 0.29) is 11.4 Å². The van der Waals surface area contributed by atoms with Crippen LogP contribution in [0, 0.1) is 0 Å². The molecule has 3 N–H and O–H groups in total. The van der Waals surface area contributed by atoms with Gasteiger partial charge in [0.15, 0.2) is 5.75 Å². The number of aromatic hydroxyl groups is 1. The van der Waals surface area contributed by atoms with Crippen LogP contribution < -0.4 is 5.69 Å². The van der Waals surface area contributed by atoms with E-state index in [1.165, 1.54) is 11.3 Å². The normalized spacial score (nSPS) is 12.2. The Labute approximate surface area is 284 Å². The summed E-state index contributed by atoms with van der Waals surface area (Å²) < 4.78 is 2.15. The Hall–Kier alpha value is -6.23. The van der Waals surface area contributed by atoms with Gasteiger partial charge in [-0.25, -0.2) is 14.8 Å². The molecule has 0 amide bonds. The van der Waals surface area contributed by atoms with E-state index in [1.54, 1.807) is 29.5 Å². The summed E-state index contributed by atoms with van der Waals surface area (Å²) in [5, 5.41) is 28.6. The lowest BCUT2D eigenvalue weighted by Gasteiger charge is -2.10. The lowest BCUT2D eigenvalue weighted by atomic mass is 10.0. The lowest BCUT2D eigenvalue weighted by Crippen LogP contribution is -1.99. The lowest BCUT2D eigenvalue weighted by molar-refractivity contribution is 0.479. The number of fused-ring (bicyclic) bond motifs is 8. The number of azo groups is 1. The molecule has 0 aliphatic carbocycles. The van der Waals surface area contributed by atoms with Crippen LogP contribution in [0.4, 0.5) is 11.4 Å². The van der Waals surface area contributed by atoms with Crippen LogP contribution in [0.1, 0.15) is 0 Å². The molecule has 3 aromatic heterocycles. The Bertz CT molecular complexity index is 3060. The maximum absolute atomic E-state index is 11.9. The number of benzene rings is 7. The van der Waals surface area contributed by atoms with Gasteiger partial charge in [0.2, 0.25) is 0 Å². The van der Waals surface area contributed by atoms with Crippen molar-refractivity contribution in [1.29, 1.82) is 0 Å². The molecule has 10 rings (SSSR count). The Balaban J connectivity index is 1.17. The zero-order valence-electron chi connectivity index (χ0n) is 25.4. The van der Waals surface area contributed by atoms with Gasteiger partial charge in [-0.1, -0.05) is 72.8 Å². The Kier molecular flexibility index (Phi) is 6.05. The summed E-state index contributed by atoms with van der Waals surface area (Å²) in [5.41, 5.74) is 5.30. The van der Waals surface area contributed by atoms with Gasteiger partial charge in [-0.05, 0) is 58.6 Å². The second kappa shape index (κ2) is 10.6. The van der Waals surface area contributed by atoms with E-state index in [9.17, 15) is 9.90 Å². The third-order valence-electron chi connectivity index (χ3n) is 8.90. The topological polar surface area (TPSA) is 119 Å². The largest absolute Gasteiger partial charge is 0.505 e. The molecular weight excluding hydrogens is 649 g/mol. The molecule has 0 aliphatic rings. The van der Waals surface area contributed by atoms with Crippen molar-refractivity contribution in [1.82, 2.24) is 19.9 Å². The van der Waals surface area contributed by atoms with Crippen molar-refractivity contribution in [3.63, 3.8) is 0 Å². The second-order valence-electron chi connectivity index (χ2n) is 11.9. The number of aromatic amines is 2. The third-order valence-corrected chi connectivity index (χ3v) is 11.0. The molecule has 0 radical (unpaired) electrons. The number of phenols is 1. The van der Waals surface area contributed by atoms with Crippen molar-refractivity contribution in [2.24, 2.45) is 10.2 Å². The van der Waals surface area contributed by atoms with E-state index in [4.69, 9.17) is 9.97 Å². The highest BCUT2D eigenvalue weighted by Gasteiger charge is 2.20. The molecule has 8 nitrogen and oxygen atoms in total. The van der Waals surface area contributed by atoms with Crippen molar-refractivity contribution in [2.45, 2.75) is 0 Å². The van der Waals surface area contributed by atoms with E-state index < -0.39 is 0 Å². The molecule has 0 saturated carbocycles. The molecule has 0 spiro atoms. The molecule has 7 aromatic carbocycles. The van der Waals surface area contributed by atoms with Gasteiger partial charge in [0.25, 0.3) is 0 Å². The van der Waals surface area contributed by atoms with Crippen LogP contribution in [0.25, 0.3) is 84.9 Å². The molecular formula is C39H22N6O2S2. The standard InChI is InChI=1S/C39H22N6O2S2/c46-36-28(38-43-34-26-8-4-2-6-21(26)11-16-32(34)49-38)18-23-17-22(37-42-33-25-7-3-1-5-20(25)10-15-31(33)48-37)9-13-27(23)35(36)45-44-24-12-14-29-30(19-24)41-39(47)40-29/h1-19,46H,(H2,40,41,47). The van der Waals surface area contributed by atoms with Gasteiger partial charge in [0.05, 0.1) is 42.7 Å². The van der Waals surface area contributed by atoms with Gasteiger partial charge in [0.1, 0.15) is 15.7 Å². The SMILES string of the molecule is O=c1[nH]c2ccc(N=Nc3c(O)c(-c4nc5c(ccc6ccccc65)s4)cc4cc(-c5nc6c(ccc7ccccc76)s5)ccc34)cc2[nH]1. The molecule has 0 bridgehead atoms. The summed E-state index contributed by atoms with van der Waals surface area (Å²) in [6.07, 6.45) is 0. The third kappa shape index (κ3) is 4.53. The number of thiazole rings is 2. The average molecular weight is 671 g/mol. The van der Waals surface area contributed by atoms with Crippen LogP contribution in [-0.4, -0.2) is 25.0 Å². The molecule has 0 fully saturated rings. The van der Waals surface area contributed by atoms with Crippen molar-refractivity contribution in [2.75, 3.05) is 0 Å². The first-order valence-electron chi connectivity index (χ1n) is 15.6. The van der Waals surface area contributed by atoms with Crippen molar-refractivity contribution < 1.29 is 5.11 Å². The van der Waals surface area contributed by atoms with Crippen molar-refractivity contribution in [3.05, 3.63) is 126 Å². The maximum atomic E-state index is 11.9. The van der Waals surface area contributed by atoms with Gasteiger partial charge in [-0.2, -0.15) is 5.11 Å². The van der Waals surface area contributed by atoms with Gasteiger partial charge in [-0.15, -0.1) is 27.8 Å². The summed E-state index contributed by atoms with van der Waals surface area (Å²) >= 11 is 3.18. The molecule has 0 saturated heterocycles. The quantitative estimate of drug-likeness (QED) is 0.161. The highest BCUT2D eigenvalue weighted by Crippen LogP contribution is 2.47. The summed E-state index contributed by atoms with van der Waals surface area (Å²) in [7, 11) is 0. The predicted octanol–water partition coefficient (Wildman–Crippen LogP) is 11.0. The van der Waals surface area contributed by atoms with Crippen LogP contribution >= 0.6 is 22.7 Å². The molecule has 0 aliphatic heterocycles. The summed E-state index contributed by atoms with van der Waals surface area (Å²) in [5.74, 6) is -0.00468. The number of imidazole rings is 1. The average Bonchev–Trinajstić information content (AvgIpc) is 3.87. The summed E-state index contributed by atoms with van der Waals surface area (Å²) in [6, 6.07) is 38.3. The van der Waals surface area contributed by atoms with E-state index in [0.29, 0.717) is 33.0 Å². The Morgan fingerprint density at radius 1 is 0.592 bits per heavy atom. The first-order valence-corrected chi connectivity index (χ1v) is 17.2. The van der Waals surface area contributed by atoms with E-state index >= 15 is 0 Å². The molecule has 0 atom stereocenters. The first-order chi connectivity index (χ1) is 24.1. The van der Waals surface area contributed by atoms with Gasteiger partial charge in [0, 0.05) is 21.7 Å². The number of H-pyrrole nitrogens is 2. The first kappa shape index (κ1) is 27.8. The summed E-state index contributed by atoms with van der Waals surface area (Å²) in [4.78, 5) is 27.5.